The molecular weight excluding hydrogens is 368 g/mol. The van der Waals surface area contributed by atoms with E-state index >= 15 is 0 Å². The third-order valence-electron chi connectivity index (χ3n) is 5.23. The summed E-state index contributed by atoms with van der Waals surface area (Å²) in [5, 5.41) is 0.591. The van der Waals surface area contributed by atoms with Crippen molar-refractivity contribution in [1.82, 2.24) is 0 Å². The van der Waals surface area contributed by atoms with Crippen LogP contribution in [0.1, 0.15) is 37.8 Å². The van der Waals surface area contributed by atoms with E-state index in [1.165, 1.54) is 11.8 Å². The van der Waals surface area contributed by atoms with Gasteiger partial charge in [0.1, 0.15) is 0 Å². The lowest BCUT2D eigenvalue weighted by Gasteiger charge is -2.26. The summed E-state index contributed by atoms with van der Waals surface area (Å²) in [6.07, 6.45) is 1.53. The fourth-order valence-corrected chi connectivity index (χ4v) is 7.56. The molecule has 1 aromatic rings. The van der Waals surface area contributed by atoms with Gasteiger partial charge in [-0.25, -0.2) is 8.42 Å². The van der Waals surface area contributed by atoms with Gasteiger partial charge in [0, 0.05) is 16.9 Å². The van der Waals surface area contributed by atoms with Crippen molar-refractivity contribution in [2.75, 3.05) is 16.4 Å². The fraction of sp³-hybridized carbons (Fsp3) is 0.579. The van der Waals surface area contributed by atoms with Crippen molar-refractivity contribution in [2.45, 2.75) is 51.8 Å². The molecule has 3 rings (SSSR count). The Kier molecular flexibility index (Phi) is 5.49. The van der Waals surface area contributed by atoms with Crippen LogP contribution in [0, 0.1) is 19.8 Å². The summed E-state index contributed by atoms with van der Waals surface area (Å²) >= 11 is 1.44. The maximum Gasteiger partial charge on any atom is 0.251 e. The fourth-order valence-electron chi connectivity index (χ4n) is 3.65. The van der Waals surface area contributed by atoms with Crippen LogP contribution in [0.3, 0.4) is 0 Å². The summed E-state index contributed by atoms with van der Waals surface area (Å²) in [7, 11) is -3.05. The average Bonchev–Trinajstić information content (AvgIpc) is 3.02. The Morgan fingerprint density at radius 1 is 1.27 bits per heavy atom. The standard InChI is InChI=1S/C19H26N2O3S2/c1-5-14(6-2)18(22)20-19-21(15-9-12(3)7-8-13(15)4)16-10-26(23,24)11-17(16)25-19/h7-9,14,16-17H,5-6,10-11H2,1-4H3. The summed E-state index contributed by atoms with van der Waals surface area (Å²) in [6.45, 7) is 8.02. The third kappa shape index (κ3) is 3.69. The average molecular weight is 395 g/mol. The van der Waals surface area contributed by atoms with E-state index in [1.54, 1.807) is 0 Å². The Hall–Kier alpha value is -1.34. The van der Waals surface area contributed by atoms with E-state index in [4.69, 9.17) is 0 Å². The van der Waals surface area contributed by atoms with Gasteiger partial charge in [-0.3, -0.25) is 4.79 Å². The molecular formula is C19H26N2O3S2. The van der Waals surface area contributed by atoms with Crippen LogP contribution < -0.4 is 4.90 Å². The number of aryl methyl sites for hydroxylation is 2. The zero-order valence-corrected chi connectivity index (χ0v) is 17.4. The number of amides is 1. The van der Waals surface area contributed by atoms with Gasteiger partial charge in [-0.2, -0.15) is 4.99 Å². The maximum absolute atomic E-state index is 12.6. The van der Waals surface area contributed by atoms with Crippen molar-refractivity contribution >= 4 is 38.4 Å². The molecule has 142 valence electrons. The zero-order chi connectivity index (χ0) is 19.1. The van der Waals surface area contributed by atoms with Gasteiger partial charge in [0.2, 0.25) is 0 Å². The van der Waals surface area contributed by atoms with Crippen molar-refractivity contribution in [3.05, 3.63) is 29.3 Å². The molecule has 2 fully saturated rings. The largest absolute Gasteiger partial charge is 0.315 e. The topological polar surface area (TPSA) is 66.8 Å². The Morgan fingerprint density at radius 2 is 1.96 bits per heavy atom. The Balaban J connectivity index is 2.04. The summed E-state index contributed by atoms with van der Waals surface area (Å²) < 4.78 is 24.3. The number of carbonyl (C=O) groups is 1. The molecule has 2 aliphatic rings. The second kappa shape index (κ2) is 7.35. The molecule has 26 heavy (non-hydrogen) atoms. The highest BCUT2D eigenvalue weighted by molar-refractivity contribution is 8.16. The molecule has 0 saturated carbocycles. The van der Waals surface area contributed by atoms with Crippen LogP contribution >= 0.6 is 11.8 Å². The molecule has 0 bridgehead atoms. The van der Waals surface area contributed by atoms with Gasteiger partial charge in [-0.15, -0.1) is 0 Å². The van der Waals surface area contributed by atoms with Gasteiger partial charge in [0.25, 0.3) is 5.91 Å². The van der Waals surface area contributed by atoms with Gasteiger partial charge >= 0.3 is 0 Å². The number of carbonyl (C=O) groups excluding carboxylic acids is 1. The number of hydrogen-bond acceptors (Lipinski definition) is 4. The first-order valence-electron chi connectivity index (χ1n) is 9.11. The van der Waals surface area contributed by atoms with Crippen molar-refractivity contribution in [3.63, 3.8) is 0 Å². The predicted octanol–water partition coefficient (Wildman–Crippen LogP) is 3.34. The molecule has 0 aliphatic carbocycles. The second-order valence-corrected chi connectivity index (χ2v) is 10.6. The van der Waals surface area contributed by atoms with Crippen LogP contribution in [0.4, 0.5) is 5.69 Å². The first-order valence-corrected chi connectivity index (χ1v) is 11.8. The first kappa shape index (κ1) is 19.4. The van der Waals surface area contributed by atoms with Gasteiger partial charge in [-0.1, -0.05) is 37.7 Å². The normalized spacial score (nSPS) is 25.9. The minimum Gasteiger partial charge on any atom is -0.315 e. The van der Waals surface area contributed by atoms with Crippen molar-refractivity contribution < 1.29 is 13.2 Å². The molecule has 0 N–H and O–H groups in total. The SMILES string of the molecule is CCC(CC)C(=O)N=C1SC2CS(=O)(=O)CC2N1c1cc(C)ccc1C. The number of amidine groups is 1. The highest BCUT2D eigenvalue weighted by Gasteiger charge is 2.49. The van der Waals surface area contributed by atoms with Crippen LogP contribution in [0.15, 0.2) is 23.2 Å². The van der Waals surface area contributed by atoms with Crippen molar-refractivity contribution in [1.29, 1.82) is 0 Å². The summed E-state index contributed by atoms with van der Waals surface area (Å²) in [5.41, 5.74) is 3.12. The number of fused-ring (bicyclic) bond motifs is 1. The number of anilines is 1. The zero-order valence-electron chi connectivity index (χ0n) is 15.7. The third-order valence-corrected chi connectivity index (χ3v) is 8.44. The van der Waals surface area contributed by atoms with E-state index in [-0.39, 0.29) is 34.6 Å². The smallest absolute Gasteiger partial charge is 0.251 e. The number of rotatable bonds is 4. The number of thioether (sulfide) groups is 1. The number of aliphatic imine (C=N–C) groups is 1. The van der Waals surface area contributed by atoms with Gasteiger partial charge in [0.15, 0.2) is 15.0 Å². The molecule has 2 atom stereocenters. The van der Waals surface area contributed by atoms with E-state index in [1.807, 2.05) is 44.7 Å². The van der Waals surface area contributed by atoms with Crippen molar-refractivity contribution in [2.24, 2.45) is 10.9 Å². The number of hydrogen-bond donors (Lipinski definition) is 0. The van der Waals surface area contributed by atoms with E-state index in [9.17, 15) is 13.2 Å². The molecule has 2 aliphatic heterocycles. The highest BCUT2D eigenvalue weighted by atomic mass is 32.2. The molecule has 2 heterocycles. The van der Waals surface area contributed by atoms with Crippen LogP contribution in [0.25, 0.3) is 0 Å². The molecule has 5 nitrogen and oxygen atoms in total. The lowest BCUT2D eigenvalue weighted by molar-refractivity contribution is -0.121. The molecule has 2 saturated heterocycles. The Labute approximate surface area is 160 Å². The summed E-state index contributed by atoms with van der Waals surface area (Å²) in [6, 6.07) is 5.97. The predicted molar refractivity (Wildman–Crippen MR) is 109 cm³/mol. The molecule has 1 amide bonds. The quantitative estimate of drug-likeness (QED) is 0.783. The van der Waals surface area contributed by atoms with Crippen molar-refractivity contribution in [3.8, 4) is 0 Å². The molecule has 7 heteroatoms. The second-order valence-electron chi connectivity index (χ2n) is 7.21. The van der Waals surface area contributed by atoms with Crippen LogP contribution in [0.5, 0.6) is 0 Å². The van der Waals surface area contributed by atoms with Crippen LogP contribution in [-0.2, 0) is 14.6 Å². The van der Waals surface area contributed by atoms with E-state index in [0.29, 0.717) is 5.17 Å². The Bertz CT molecular complexity index is 844. The van der Waals surface area contributed by atoms with Crippen LogP contribution in [-0.4, -0.2) is 42.3 Å². The van der Waals surface area contributed by atoms with E-state index < -0.39 is 9.84 Å². The van der Waals surface area contributed by atoms with E-state index in [0.717, 1.165) is 29.7 Å². The van der Waals surface area contributed by atoms with E-state index in [2.05, 4.69) is 11.1 Å². The monoisotopic (exact) mass is 394 g/mol. The molecule has 0 radical (unpaired) electrons. The molecule has 2 unspecified atom stereocenters. The van der Waals surface area contributed by atoms with Crippen LogP contribution in [0.2, 0.25) is 0 Å². The number of benzene rings is 1. The first-order chi connectivity index (χ1) is 12.3. The lowest BCUT2D eigenvalue weighted by atomic mass is 10.0. The maximum atomic E-state index is 12.6. The minimum absolute atomic E-state index is 0.0619. The molecule has 1 aromatic carbocycles. The Morgan fingerprint density at radius 3 is 2.62 bits per heavy atom. The van der Waals surface area contributed by atoms with Gasteiger partial charge < -0.3 is 4.90 Å². The number of nitrogens with zero attached hydrogens (tertiary/aromatic N) is 2. The van der Waals surface area contributed by atoms with Gasteiger partial charge in [0.05, 0.1) is 17.5 Å². The summed E-state index contributed by atoms with van der Waals surface area (Å²) in [5.74, 6) is 0.0985. The molecule has 0 spiro atoms. The van der Waals surface area contributed by atoms with Gasteiger partial charge in [-0.05, 0) is 43.9 Å². The highest BCUT2D eigenvalue weighted by Crippen LogP contribution is 2.42. The summed E-state index contributed by atoms with van der Waals surface area (Å²) in [4.78, 5) is 19.0. The lowest BCUT2D eigenvalue weighted by Crippen LogP contribution is -2.38. The molecule has 0 aromatic heterocycles. The number of sulfone groups is 1. The minimum atomic E-state index is -3.05.